The lowest BCUT2D eigenvalue weighted by Crippen LogP contribution is -2.08. The van der Waals surface area contributed by atoms with Crippen molar-refractivity contribution in [2.75, 3.05) is 7.05 Å². The first-order valence-electron chi connectivity index (χ1n) is 6.10. The lowest BCUT2D eigenvalue weighted by molar-refractivity contribution is 0.301. The summed E-state index contributed by atoms with van der Waals surface area (Å²) in [7, 11) is 1.76. The topological polar surface area (TPSA) is 21.3 Å². The number of hydrogen-bond acceptors (Lipinski definition) is 2. The predicted molar refractivity (Wildman–Crippen MR) is 74.9 cm³/mol. The van der Waals surface area contributed by atoms with Gasteiger partial charge in [-0.3, -0.25) is 0 Å². The summed E-state index contributed by atoms with van der Waals surface area (Å²) in [6.45, 7) is 0.600. The molecular weight excluding hydrogens is 284 g/mol. The van der Waals surface area contributed by atoms with Gasteiger partial charge in [0, 0.05) is 22.7 Å². The summed E-state index contributed by atoms with van der Waals surface area (Å²) in [5.74, 6) is -0.157. The third-order valence-electron chi connectivity index (χ3n) is 2.78. The van der Waals surface area contributed by atoms with E-state index >= 15 is 0 Å². The average molecular weight is 298 g/mol. The van der Waals surface area contributed by atoms with E-state index in [4.69, 9.17) is 16.3 Å². The lowest BCUT2D eigenvalue weighted by atomic mass is 10.2. The van der Waals surface area contributed by atoms with E-state index in [1.165, 1.54) is 30.3 Å². The van der Waals surface area contributed by atoms with Crippen molar-refractivity contribution in [1.29, 1.82) is 0 Å². The van der Waals surface area contributed by atoms with Crippen LogP contribution in [0.2, 0.25) is 5.02 Å². The van der Waals surface area contributed by atoms with Gasteiger partial charge in [0.05, 0.1) is 0 Å². The first-order valence-corrected chi connectivity index (χ1v) is 6.47. The van der Waals surface area contributed by atoms with Gasteiger partial charge in [-0.2, -0.15) is 0 Å². The third-order valence-corrected chi connectivity index (χ3v) is 3.15. The molecule has 0 heterocycles. The quantitative estimate of drug-likeness (QED) is 0.903. The molecule has 0 spiro atoms. The zero-order chi connectivity index (χ0) is 14.5. The van der Waals surface area contributed by atoms with E-state index in [9.17, 15) is 8.78 Å². The number of nitrogens with one attached hydrogen (secondary N) is 1. The van der Waals surface area contributed by atoms with E-state index in [-0.39, 0.29) is 18.2 Å². The maximum Gasteiger partial charge on any atom is 0.124 e. The van der Waals surface area contributed by atoms with Gasteiger partial charge in [0.25, 0.3) is 0 Å². The van der Waals surface area contributed by atoms with Gasteiger partial charge in [0.15, 0.2) is 0 Å². The van der Waals surface area contributed by atoms with Gasteiger partial charge >= 0.3 is 0 Å². The summed E-state index contributed by atoms with van der Waals surface area (Å²) in [4.78, 5) is 0. The van der Waals surface area contributed by atoms with Crippen LogP contribution in [-0.2, 0) is 13.2 Å². The summed E-state index contributed by atoms with van der Waals surface area (Å²) in [5.41, 5.74) is 1.24. The first-order chi connectivity index (χ1) is 9.60. The number of rotatable bonds is 5. The molecular formula is C15H14ClF2NO. The predicted octanol–water partition coefficient (Wildman–Crippen LogP) is 3.92. The summed E-state index contributed by atoms with van der Waals surface area (Å²) in [5, 5.41) is 3.37. The fourth-order valence-corrected chi connectivity index (χ4v) is 2.00. The maximum absolute atomic E-state index is 13.2. The van der Waals surface area contributed by atoms with Crippen LogP contribution in [0.15, 0.2) is 36.4 Å². The Morgan fingerprint density at radius 3 is 2.40 bits per heavy atom. The molecule has 2 rings (SSSR count). The molecule has 0 saturated heterocycles. The molecule has 0 unspecified atom stereocenters. The minimum atomic E-state index is -0.373. The molecule has 2 aromatic rings. The largest absolute Gasteiger partial charge is 0.489 e. The Morgan fingerprint density at radius 2 is 1.70 bits per heavy atom. The van der Waals surface area contributed by atoms with E-state index < -0.39 is 0 Å². The molecule has 0 fully saturated rings. The van der Waals surface area contributed by atoms with Crippen LogP contribution < -0.4 is 10.1 Å². The number of ether oxygens (including phenoxy) is 1. The molecule has 0 radical (unpaired) electrons. The van der Waals surface area contributed by atoms with E-state index in [2.05, 4.69) is 5.32 Å². The number of benzene rings is 2. The Kier molecular flexibility index (Phi) is 4.93. The molecule has 0 aliphatic carbocycles. The van der Waals surface area contributed by atoms with Crippen LogP contribution in [0.1, 0.15) is 11.1 Å². The first kappa shape index (κ1) is 14.8. The van der Waals surface area contributed by atoms with Gasteiger partial charge in [-0.15, -0.1) is 0 Å². The Morgan fingerprint density at radius 1 is 1.05 bits per heavy atom. The minimum Gasteiger partial charge on any atom is -0.489 e. The Hall–Kier alpha value is -1.65. The molecule has 0 aliphatic heterocycles. The van der Waals surface area contributed by atoms with Gasteiger partial charge in [-0.05, 0) is 43.4 Å². The van der Waals surface area contributed by atoms with Crippen LogP contribution in [-0.4, -0.2) is 7.05 Å². The molecule has 106 valence electrons. The highest BCUT2D eigenvalue weighted by Crippen LogP contribution is 2.23. The van der Waals surface area contributed by atoms with Crippen LogP contribution in [0.5, 0.6) is 5.75 Å². The average Bonchev–Trinajstić information content (AvgIpc) is 2.42. The Bertz CT molecular complexity index is 604. The van der Waals surface area contributed by atoms with Crippen molar-refractivity contribution in [3.8, 4) is 5.75 Å². The molecule has 1 N–H and O–H groups in total. The van der Waals surface area contributed by atoms with Crippen LogP contribution in [0, 0.1) is 11.6 Å². The zero-order valence-electron chi connectivity index (χ0n) is 10.9. The zero-order valence-corrected chi connectivity index (χ0v) is 11.7. The van der Waals surface area contributed by atoms with Gasteiger partial charge in [-0.1, -0.05) is 11.6 Å². The highest BCUT2D eigenvalue weighted by molar-refractivity contribution is 6.31. The van der Waals surface area contributed by atoms with Crippen LogP contribution in [0.4, 0.5) is 8.78 Å². The van der Waals surface area contributed by atoms with Gasteiger partial charge in [-0.25, -0.2) is 8.78 Å². The van der Waals surface area contributed by atoms with Gasteiger partial charge in [0.2, 0.25) is 0 Å². The van der Waals surface area contributed by atoms with Crippen molar-refractivity contribution in [3.63, 3.8) is 0 Å². The molecule has 0 aromatic heterocycles. The molecule has 0 saturated carbocycles. The second-order valence-corrected chi connectivity index (χ2v) is 4.71. The van der Waals surface area contributed by atoms with Crippen LogP contribution >= 0.6 is 11.6 Å². The monoisotopic (exact) mass is 297 g/mol. The van der Waals surface area contributed by atoms with Gasteiger partial charge in [0.1, 0.15) is 24.0 Å². The molecule has 0 amide bonds. The normalized spacial score (nSPS) is 10.6. The summed E-state index contributed by atoms with van der Waals surface area (Å²) >= 11 is 5.97. The van der Waals surface area contributed by atoms with E-state index in [1.54, 1.807) is 13.1 Å². The van der Waals surface area contributed by atoms with Crippen molar-refractivity contribution in [3.05, 3.63) is 64.2 Å². The SMILES string of the molecule is CNCc1cc(F)ccc1OCc1cc(F)ccc1Cl. The van der Waals surface area contributed by atoms with E-state index in [0.29, 0.717) is 28.4 Å². The molecule has 2 nitrogen and oxygen atoms in total. The van der Waals surface area contributed by atoms with E-state index in [1.807, 2.05) is 0 Å². The van der Waals surface area contributed by atoms with Gasteiger partial charge < -0.3 is 10.1 Å². The highest BCUT2D eigenvalue weighted by atomic mass is 35.5. The fraction of sp³-hybridized carbons (Fsp3) is 0.200. The van der Waals surface area contributed by atoms with E-state index in [0.717, 1.165) is 0 Å². The van der Waals surface area contributed by atoms with Crippen molar-refractivity contribution < 1.29 is 13.5 Å². The maximum atomic E-state index is 13.2. The van der Waals surface area contributed by atoms with Crippen molar-refractivity contribution >= 4 is 11.6 Å². The van der Waals surface area contributed by atoms with Crippen molar-refractivity contribution in [2.45, 2.75) is 13.2 Å². The number of hydrogen-bond donors (Lipinski definition) is 1. The summed E-state index contributed by atoms with van der Waals surface area (Å²) in [6, 6.07) is 8.37. The summed E-state index contributed by atoms with van der Waals surface area (Å²) < 4.78 is 32.0. The smallest absolute Gasteiger partial charge is 0.124 e. The molecule has 0 aliphatic rings. The Balaban J connectivity index is 2.16. The fourth-order valence-electron chi connectivity index (χ4n) is 1.83. The molecule has 5 heteroatoms. The minimum absolute atomic E-state index is 0.124. The molecule has 0 atom stereocenters. The third kappa shape index (κ3) is 3.68. The van der Waals surface area contributed by atoms with Crippen LogP contribution in [0.25, 0.3) is 0 Å². The van der Waals surface area contributed by atoms with Crippen molar-refractivity contribution in [2.24, 2.45) is 0 Å². The second-order valence-electron chi connectivity index (χ2n) is 4.31. The van der Waals surface area contributed by atoms with Crippen molar-refractivity contribution in [1.82, 2.24) is 5.32 Å². The Labute approximate surface area is 121 Å². The molecule has 2 aromatic carbocycles. The number of halogens is 3. The second kappa shape index (κ2) is 6.68. The standard InChI is InChI=1S/C15H14ClF2NO/c1-19-8-10-6-13(18)3-5-15(10)20-9-11-7-12(17)2-4-14(11)16/h2-7,19H,8-9H2,1H3. The summed E-state index contributed by atoms with van der Waals surface area (Å²) in [6.07, 6.45) is 0. The molecule has 20 heavy (non-hydrogen) atoms. The highest BCUT2D eigenvalue weighted by Gasteiger charge is 2.07. The lowest BCUT2D eigenvalue weighted by Gasteiger charge is -2.12. The molecule has 0 bridgehead atoms. The van der Waals surface area contributed by atoms with Crippen LogP contribution in [0.3, 0.4) is 0 Å².